The first-order chi connectivity index (χ1) is 10.3. The Morgan fingerprint density at radius 1 is 1.43 bits per heavy atom. The highest BCUT2D eigenvalue weighted by Crippen LogP contribution is 2.27. The van der Waals surface area contributed by atoms with Crippen molar-refractivity contribution in [3.8, 4) is 16.5 Å². The molecule has 3 heterocycles. The Morgan fingerprint density at radius 3 is 3.05 bits per heavy atom. The van der Waals surface area contributed by atoms with Crippen molar-refractivity contribution in [2.45, 2.75) is 6.54 Å². The molecule has 21 heavy (non-hydrogen) atoms. The van der Waals surface area contributed by atoms with E-state index in [2.05, 4.69) is 20.7 Å². The number of aromatic nitrogens is 4. The molecule has 0 radical (unpaired) electrons. The van der Waals surface area contributed by atoms with Gasteiger partial charge in [0.15, 0.2) is 5.76 Å². The van der Waals surface area contributed by atoms with Gasteiger partial charge in [-0.3, -0.25) is 0 Å². The van der Waals surface area contributed by atoms with Gasteiger partial charge >= 0.3 is 6.09 Å². The second-order valence-corrected chi connectivity index (χ2v) is 4.90. The fraction of sp³-hybridized carbons (Fsp3) is 0.167. The van der Waals surface area contributed by atoms with E-state index >= 15 is 0 Å². The normalized spacial score (nSPS) is 10.5. The average Bonchev–Trinajstić information content (AvgIpc) is 3.21. The summed E-state index contributed by atoms with van der Waals surface area (Å²) < 4.78 is 10.1. The van der Waals surface area contributed by atoms with Gasteiger partial charge in [0.25, 0.3) is 5.88 Å². The van der Waals surface area contributed by atoms with E-state index in [9.17, 15) is 4.79 Å². The summed E-state index contributed by atoms with van der Waals surface area (Å²) >= 11 is 1.51. The third kappa shape index (κ3) is 3.45. The molecule has 8 nitrogen and oxygen atoms in total. The third-order valence-corrected chi connectivity index (χ3v) is 3.38. The fourth-order valence-corrected chi connectivity index (χ4v) is 2.26. The molecule has 1 N–H and O–H groups in total. The van der Waals surface area contributed by atoms with Crippen molar-refractivity contribution in [2.24, 2.45) is 0 Å². The molecular weight excluding hydrogens is 294 g/mol. The lowest BCUT2D eigenvalue weighted by Crippen LogP contribution is -2.30. The maximum atomic E-state index is 11.6. The lowest BCUT2D eigenvalue weighted by Gasteiger charge is -2.03. The van der Waals surface area contributed by atoms with Gasteiger partial charge in [0.05, 0.1) is 29.9 Å². The van der Waals surface area contributed by atoms with E-state index in [1.54, 1.807) is 18.5 Å². The number of nitrogens with one attached hydrogen (secondary N) is 1. The number of thiophene rings is 1. The number of ether oxygens (including phenoxy) is 1. The first kappa shape index (κ1) is 13.3. The van der Waals surface area contributed by atoms with Gasteiger partial charge in [-0.25, -0.2) is 4.79 Å². The number of amides is 1. The predicted octanol–water partition coefficient (Wildman–Crippen LogP) is 1.78. The highest BCUT2D eigenvalue weighted by Gasteiger charge is 2.11. The lowest BCUT2D eigenvalue weighted by molar-refractivity contribution is 0.195. The van der Waals surface area contributed by atoms with Crippen LogP contribution < -0.4 is 10.1 Å². The zero-order valence-electron chi connectivity index (χ0n) is 10.8. The van der Waals surface area contributed by atoms with Crippen LogP contribution in [0.2, 0.25) is 0 Å². The quantitative estimate of drug-likeness (QED) is 0.772. The van der Waals surface area contributed by atoms with E-state index < -0.39 is 6.09 Å². The van der Waals surface area contributed by atoms with Crippen LogP contribution >= 0.6 is 11.3 Å². The van der Waals surface area contributed by atoms with Gasteiger partial charge in [0, 0.05) is 6.54 Å². The van der Waals surface area contributed by atoms with Gasteiger partial charge in [-0.2, -0.15) is 15.0 Å². The lowest BCUT2D eigenvalue weighted by atomic mass is 10.4. The maximum Gasteiger partial charge on any atom is 0.414 e. The van der Waals surface area contributed by atoms with Gasteiger partial charge in [0.1, 0.15) is 0 Å². The van der Waals surface area contributed by atoms with Crippen LogP contribution in [0.5, 0.6) is 5.88 Å². The predicted molar refractivity (Wildman–Crippen MR) is 73.9 cm³/mol. The molecule has 0 aromatic carbocycles. The monoisotopic (exact) mass is 305 g/mol. The van der Waals surface area contributed by atoms with E-state index in [-0.39, 0.29) is 5.88 Å². The molecule has 3 aromatic rings. The molecular formula is C12H11N5O3S. The van der Waals surface area contributed by atoms with Crippen LogP contribution in [-0.2, 0) is 6.54 Å². The van der Waals surface area contributed by atoms with E-state index in [1.165, 1.54) is 16.1 Å². The summed E-state index contributed by atoms with van der Waals surface area (Å²) in [6.45, 7) is 0.810. The molecule has 0 bridgehead atoms. The Morgan fingerprint density at radius 2 is 2.29 bits per heavy atom. The van der Waals surface area contributed by atoms with E-state index in [4.69, 9.17) is 9.26 Å². The van der Waals surface area contributed by atoms with Gasteiger partial charge in [-0.05, 0) is 16.6 Å². The minimum absolute atomic E-state index is 0.119. The van der Waals surface area contributed by atoms with E-state index in [0.29, 0.717) is 18.8 Å². The molecule has 0 fully saturated rings. The van der Waals surface area contributed by atoms with Crippen LogP contribution in [0.25, 0.3) is 10.6 Å². The third-order valence-electron chi connectivity index (χ3n) is 2.50. The molecule has 0 aliphatic rings. The largest absolute Gasteiger partial charge is 0.414 e. The SMILES string of the molecule is O=C(NCCn1nccn1)Oc1cc(-c2cccs2)on1. The number of nitrogens with zero attached hydrogens (tertiary/aromatic N) is 4. The molecule has 0 spiro atoms. The summed E-state index contributed by atoms with van der Waals surface area (Å²) in [5.74, 6) is 0.682. The Balaban J connectivity index is 1.48. The van der Waals surface area contributed by atoms with Crippen molar-refractivity contribution >= 4 is 17.4 Å². The second kappa shape index (κ2) is 6.18. The topological polar surface area (TPSA) is 95.1 Å². The van der Waals surface area contributed by atoms with Crippen molar-refractivity contribution in [1.82, 2.24) is 25.5 Å². The van der Waals surface area contributed by atoms with Crippen molar-refractivity contribution in [3.05, 3.63) is 36.0 Å². The number of hydrogen-bond acceptors (Lipinski definition) is 7. The summed E-state index contributed by atoms with van der Waals surface area (Å²) in [5.41, 5.74) is 0. The molecule has 0 aliphatic heterocycles. The Kier molecular flexibility index (Phi) is 3.92. The summed E-state index contributed by atoms with van der Waals surface area (Å²) in [6.07, 6.45) is 2.53. The van der Waals surface area contributed by atoms with E-state index in [1.807, 2.05) is 17.5 Å². The van der Waals surface area contributed by atoms with Crippen molar-refractivity contribution in [1.29, 1.82) is 0 Å². The maximum absolute atomic E-state index is 11.6. The van der Waals surface area contributed by atoms with Gasteiger partial charge in [0.2, 0.25) is 0 Å². The van der Waals surface area contributed by atoms with Crippen LogP contribution in [-0.4, -0.2) is 32.8 Å². The molecule has 0 atom stereocenters. The molecule has 0 unspecified atom stereocenters. The zero-order valence-corrected chi connectivity index (χ0v) is 11.6. The average molecular weight is 305 g/mol. The van der Waals surface area contributed by atoms with Crippen LogP contribution in [0.1, 0.15) is 0 Å². The number of carbonyl (C=O) groups excluding carboxylic acids is 1. The zero-order chi connectivity index (χ0) is 14.5. The van der Waals surface area contributed by atoms with Gasteiger partial charge < -0.3 is 14.6 Å². The van der Waals surface area contributed by atoms with Crippen molar-refractivity contribution in [2.75, 3.05) is 6.54 Å². The second-order valence-electron chi connectivity index (χ2n) is 3.95. The van der Waals surface area contributed by atoms with Crippen LogP contribution in [0, 0.1) is 0 Å². The standard InChI is InChI=1S/C12H11N5O3S/c18-12(13-5-6-17-14-3-4-15-17)19-11-8-9(20-16-11)10-2-1-7-21-10/h1-4,7-8H,5-6H2,(H,13,18). The summed E-state index contributed by atoms with van der Waals surface area (Å²) in [7, 11) is 0. The van der Waals surface area contributed by atoms with Crippen LogP contribution in [0.15, 0.2) is 40.5 Å². The molecule has 0 aliphatic carbocycles. The highest BCUT2D eigenvalue weighted by molar-refractivity contribution is 7.13. The Bertz CT molecular complexity index is 692. The molecule has 108 valence electrons. The van der Waals surface area contributed by atoms with Crippen LogP contribution in [0.3, 0.4) is 0 Å². The van der Waals surface area contributed by atoms with Crippen molar-refractivity contribution < 1.29 is 14.1 Å². The molecule has 3 aromatic heterocycles. The number of rotatable bonds is 5. The minimum Gasteiger partial charge on any atom is -0.388 e. The highest BCUT2D eigenvalue weighted by atomic mass is 32.1. The molecule has 0 saturated carbocycles. The molecule has 9 heteroatoms. The molecule has 3 rings (SSSR count). The molecule has 0 saturated heterocycles. The smallest absolute Gasteiger partial charge is 0.388 e. The minimum atomic E-state index is -0.604. The van der Waals surface area contributed by atoms with E-state index in [0.717, 1.165) is 4.88 Å². The Labute approximate surface area is 123 Å². The summed E-state index contributed by atoms with van der Waals surface area (Å²) in [5, 5.41) is 16.0. The van der Waals surface area contributed by atoms with Gasteiger partial charge in [-0.15, -0.1) is 11.3 Å². The first-order valence-electron chi connectivity index (χ1n) is 6.11. The first-order valence-corrected chi connectivity index (χ1v) is 6.99. The number of hydrogen-bond donors (Lipinski definition) is 1. The summed E-state index contributed by atoms with van der Waals surface area (Å²) in [4.78, 5) is 14.0. The summed E-state index contributed by atoms with van der Waals surface area (Å²) in [6, 6.07) is 5.37. The van der Waals surface area contributed by atoms with Crippen LogP contribution in [0.4, 0.5) is 4.79 Å². The fourth-order valence-electron chi connectivity index (χ4n) is 1.59. The Hall–Kier alpha value is -2.68. The van der Waals surface area contributed by atoms with Gasteiger partial charge in [-0.1, -0.05) is 6.07 Å². The van der Waals surface area contributed by atoms with Crippen molar-refractivity contribution in [3.63, 3.8) is 0 Å². The molecule has 1 amide bonds. The number of carbonyl (C=O) groups is 1.